The maximum Gasteiger partial charge on any atom is 0.276 e. The second-order valence-electron chi connectivity index (χ2n) is 6.98. The van der Waals surface area contributed by atoms with E-state index in [9.17, 15) is 14.4 Å². The molecule has 1 aromatic heterocycles. The predicted molar refractivity (Wildman–Crippen MR) is 88.7 cm³/mol. The highest BCUT2D eigenvalue weighted by Crippen LogP contribution is 2.23. The highest BCUT2D eigenvalue weighted by atomic mass is 16.5. The standard InChI is InChI=1S/C17H24N4O4/c1-11(2)21-10-13(9-15(21)22)16(23)19-4-6-20(7-5-19)17(24)14-8-12(3)25-18-14/h8,11,13H,4-7,9-10H2,1-3H3. The van der Waals surface area contributed by atoms with Crippen molar-refractivity contribution in [2.24, 2.45) is 5.92 Å². The van der Waals surface area contributed by atoms with Crippen molar-refractivity contribution in [1.29, 1.82) is 0 Å². The molecule has 0 bridgehead atoms. The maximum atomic E-state index is 12.7. The summed E-state index contributed by atoms with van der Waals surface area (Å²) in [6.07, 6.45) is 0.286. The second-order valence-corrected chi connectivity index (χ2v) is 6.98. The van der Waals surface area contributed by atoms with Crippen LogP contribution in [0, 0.1) is 12.8 Å². The largest absolute Gasteiger partial charge is 0.361 e. The van der Waals surface area contributed by atoms with Gasteiger partial charge in [-0.25, -0.2) is 0 Å². The average Bonchev–Trinajstić information content (AvgIpc) is 3.19. The first-order valence-corrected chi connectivity index (χ1v) is 8.67. The molecule has 0 aliphatic carbocycles. The molecule has 1 unspecified atom stereocenters. The quantitative estimate of drug-likeness (QED) is 0.795. The Morgan fingerprint density at radius 1 is 1.20 bits per heavy atom. The molecule has 0 aromatic carbocycles. The van der Waals surface area contributed by atoms with Gasteiger partial charge in [-0.15, -0.1) is 0 Å². The molecule has 3 amide bonds. The van der Waals surface area contributed by atoms with E-state index < -0.39 is 0 Å². The van der Waals surface area contributed by atoms with E-state index in [1.54, 1.807) is 27.7 Å². The lowest BCUT2D eigenvalue weighted by molar-refractivity contribution is -0.137. The number of carbonyl (C=O) groups excluding carboxylic acids is 3. The highest BCUT2D eigenvalue weighted by Gasteiger charge is 2.38. The summed E-state index contributed by atoms with van der Waals surface area (Å²) in [4.78, 5) is 42.2. The van der Waals surface area contributed by atoms with Gasteiger partial charge in [0, 0.05) is 51.3 Å². The van der Waals surface area contributed by atoms with E-state index in [1.807, 2.05) is 13.8 Å². The summed E-state index contributed by atoms with van der Waals surface area (Å²) >= 11 is 0. The summed E-state index contributed by atoms with van der Waals surface area (Å²) in [5.74, 6) is 0.212. The number of likely N-dealkylation sites (tertiary alicyclic amines) is 1. The Morgan fingerprint density at radius 3 is 2.36 bits per heavy atom. The van der Waals surface area contributed by atoms with Crippen LogP contribution in [0.5, 0.6) is 0 Å². The lowest BCUT2D eigenvalue weighted by Gasteiger charge is -2.35. The summed E-state index contributed by atoms with van der Waals surface area (Å²) in [7, 11) is 0. The third kappa shape index (κ3) is 3.52. The lowest BCUT2D eigenvalue weighted by Crippen LogP contribution is -2.52. The Hall–Kier alpha value is -2.38. The first-order valence-electron chi connectivity index (χ1n) is 8.67. The molecular formula is C17H24N4O4. The van der Waals surface area contributed by atoms with Gasteiger partial charge < -0.3 is 19.2 Å². The van der Waals surface area contributed by atoms with E-state index in [1.165, 1.54) is 0 Å². The van der Waals surface area contributed by atoms with Gasteiger partial charge in [0.2, 0.25) is 11.8 Å². The molecule has 136 valence electrons. The predicted octanol–water partition coefficient (Wildman–Crippen LogP) is 0.524. The molecule has 2 aliphatic heterocycles. The number of aromatic nitrogens is 1. The molecule has 2 saturated heterocycles. The molecule has 1 atom stereocenters. The minimum atomic E-state index is -0.268. The van der Waals surface area contributed by atoms with Crippen LogP contribution in [0.4, 0.5) is 0 Å². The van der Waals surface area contributed by atoms with E-state index >= 15 is 0 Å². The first kappa shape index (κ1) is 17.4. The summed E-state index contributed by atoms with van der Waals surface area (Å²) in [6.45, 7) is 8.04. The number of carbonyl (C=O) groups is 3. The zero-order chi connectivity index (χ0) is 18.1. The van der Waals surface area contributed by atoms with Gasteiger partial charge in [-0.2, -0.15) is 0 Å². The third-order valence-corrected chi connectivity index (χ3v) is 4.86. The van der Waals surface area contributed by atoms with Gasteiger partial charge >= 0.3 is 0 Å². The van der Waals surface area contributed by atoms with Crippen LogP contribution >= 0.6 is 0 Å². The second kappa shape index (κ2) is 6.85. The van der Waals surface area contributed by atoms with E-state index in [2.05, 4.69) is 5.16 Å². The molecule has 8 nitrogen and oxygen atoms in total. The molecule has 0 spiro atoms. The summed E-state index contributed by atoms with van der Waals surface area (Å²) in [5, 5.41) is 3.75. The molecule has 0 radical (unpaired) electrons. The van der Waals surface area contributed by atoms with E-state index in [4.69, 9.17) is 4.52 Å². The van der Waals surface area contributed by atoms with Crippen molar-refractivity contribution >= 4 is 17.7 Å². The van der Waals surface area contributed by atoms with Gasteiger partial charge in [-0.1, -0.05) is 5.16 Å². The zero-order valence-corrected chi connectivity index (χ0v) is 14.9. The number of rotatable bonds is 3. The van der Waals surface area contributed by atoms with Crippen molar-refractivity contribution < 1.29 is 18.9 Å². The minimum absolute atomic E-state index is 0.0147. The van der Waals surface area contributed by atoms with Crippen LogP contribution in [0.25, 0.3) is 0 Å². The topological polar surface area (TPSA) is 87.0 Å². The lowest BCUT2D eigenvalue weighted by atomic mass is 10.1. The molecule has 3 heterocycles. The van der Waals surface area contributed by atoms with Crippen LogP contribution < -0.4 is 0 Å². The molecule has 1 aromatic rings. The molecule has 0 saturated carbocycles. The Morgan fingerprint density at radius 2 is 1.84 bits per heavy atom. The zero-order valence-electron chi connectivity index (χ0n) is 14.9. The van der Waals surface area contributed by atoms with Crippen LogP contribution in [-0.4, -0.2) is 76.3 Å². The maximum absolute atomic E-state index is 12.7. The highest BCUT2D eigenvalue weighted by molar-refractivity contribution is 5.93. The Balaban J connectivity index is 1.55. The van der Waals surface area contributed by atoms with Crippen LogP contribution in [0.2, 0.25) is 0 Å². The van der Waals surface area contributed by atoms with Crippen molar-refractivity contribution in [3.05, 3.63) is 17.5 Å². The monoisotopic (exact) mass is 348 g/mol. The van der Waals surface area contributed by atoms with Gasteiger partial charge in [-0.05, 0) is 20.8 Å². The summed E-state index contributed by atoms with van der Waals surface area (Å²) in [6, 6.07) is 1.73. The van der Waals surface area contributed by atoms with Gasteiger partial charge in [0.05, 0.1) is 5.92 Å². The van der Waals surface area contributed by atoms with Crippen molar-refractivity contribution in [2.75, 3.05) is 32.7 Å². The van der Waals surface area contributed by atoms with E-state index in [0.717, 1.165) is 0 Å². The molecule has 8 heteroatoms. The van der Waals surface area contributed by atoms with Crippen LogP contribution in [0.1, 0.15) is 36.5 Å². The Kier molecular flexibility index (Phi) is 4.78. The van der Waals surface area contributed by atoms with Gasteiger partial charge in [0.15, 0.2) is 5.69 Å². The summed E-state index contributed by atoms with van der Waals surface area (Å²) in [5.41, 5.74) is 0.297. The smallest absolute Gasteiger partial charge is 0.276 e. The molecule has 0 N–H and O–H groups in total. The molecule has 3 rings (SSSR count). The van der Waals surface area contributed by atoms with Crippen LogP contribution in [-0.2, 0) is 9.59 Å². The van der Waals surface area contributed by atoms with Crippen molar-refractivity contribution in [1.82, 2.24) is 19.9 Å². The van der Waals surface area contributed by atoms with Gasteiger partial charge in [0.1, 0.15) is 5.76 Å². The van der Waals surface area contributed by atoms with Crippen molar-refractivity contribution in [3.63, 3.8) is 0 Å². The minimum Gasteiger partial charge on any atom is -0.361 e. The van der Waals surface area contributed by atoms with Crippen molar-refractivity contribution in [3.8, 4) is 0 Å². The molecule has 2 fully saturated rings. The summed E-state index contributed by atoms with van der Waals surface area (Å²) < 4.78 is 4.94. The SMILES string of the molecule is Cc1cc(C(=O)N2CCN(C(=O)C3CC(=O)N(C(C)C)C3)CC2)no1. The number of hydrogen-bond donors (Lipinski definition) is 0. The molecular weight excluding hydrogens is 324 g/mol. The third-order valence-electron chi connectivity index (χ3n) is 4.86. The number of piperazine rings is 1. The Bertz CT molecular complexity index is 676. The van der Waals surface area contributed by atoms with Crippen molar-refractivity contribution in [2.45, 2.75) is 33.2 Å². The average molecular weight is 348 g/mol. The normalized spacial score (nSPS) is 21.4. The Labute approximate surface area is 146 Å². The van der Waals surface area contributed by atoms with E-state index in [0.29, 0.717) is 44.2 Å². The number of aryl methyl sites for hydroxylation is 1. The first-order chi connectivity index (χ1) is 11.9. The fraction of sp³-hybridized carbons (Fsp3) is 0.647. The van der Waals surface area contributed by atoms with E-state index in [-0.39, 0.29) is 36.1 Å². The van der Waals surface area contributed by atoms with Crippen LogP contribution in [0.15, 0.2) is 10.6 Å². The fourth-order valence-electron chi connectivity index (χ4n) is 3.41. The number of amides is 3. The molecule has 25 heavy (non-hydrogen) atoms. The number of nitrogens with zero attached hydrogens (tertiary/aromatic N) is 4. The van der Waals surface area contributed by atoms with Gasteiger partial charge in [-0.3, -0.25) is 14.4 Å². The number of hydrogen-bond acceptors (Lipinski definition) is 5. The molecule has 2 aliphatic rings. The van der Waals surface area contributed by atoms with Crippen LogP contribution in [0.3, 0.4) is 0 Å². The fourth-order valence-corrected chi connectivity index (χ4v) is 3.41. The van der Waals surface area contributed by atoms with Gasteiger partial charge in [0.25, 0.3) is 5.91 Å².